The molecule has 0 bridgehead atoms. The molecule has 31 heavy (non-hydrogen) atoms. The number of nitrogens with zero attached hydrogens (tertiary/aromatic N) is 3. The Labute approximate surface area is 203 Å². The number of para-hydroxylation sites is 1. The summed E-state index contributed by atoms with van der Waals surface area (Å²) in [5.41, 5.74) is 2.17. The number of aliphatic imine (C=N–C) groups is 1. The van der Waals surface area contributed by atoms with Gasteiger partial charge in [-0.2, -0.15) is 0 Å². The molecule has 1 aliphatic rings. The van der Waals surface area contributed by atoms with E-state index in [9.17, 15) is 0 Å². The van der Waals surface area contributed by atoms with Gasteiger partial charge in [0.2, 0.25) is 0 Å². The Hall–Kier alpha value is -1.81. The standard InChI is InChI=1S/C23H35N5O2.HI/c1-5-24-23(25-15-18-14-20(17(2)3)27-30-18)26-16-21(28-12-8-9-13-28)19-10-6-7-11-22(19)29-4;/h6-7,10-11,14,17,21H,5,8-9,12-13,15-16H2,1-4H3,(H2,24,25,26);1H. The molecule has 7 nitrogen and oxygen atoms in total. The highest BCUT2D eigenvalue weighted by Crippen LogP contribution is 2.31. The van der Waals surface area contributed by atoms with E-state index in [1.54, 1.807) is 7.11 Å². The van der Waals surface area contributed by atoms with E-state index >= 15 is 0 Å². The molecule has 0 spiro atoms. The van der Waals surface area contributed by atoms with Crippen LogP contribution in [0.3, 0.4) is 0 Å². The lowest BCUT2D eigenvalue weighted by molar-refractivity contribution is 0.239. The average Bonchev–Trinajstić information content (AvgIpc) is 3.45. The van der Waals surface area contributed by atoms with Crippen LogP contribution >= 0.6 is 24.0 Å². The minimum Gasteiger partial charge on any atom is -0.496 e. The summed E-state index contributed by atoms with van der Waals surface area (Å²) in [5.74, 6) is 2.83. The van der Waals surface area contributed by atoms with Crippen molar-refractivity contribution in [2.45, 2.75) is 52.1 Å². The Morgan fingerprint density at radius 3 is 2.61 bits per heavy atom. The molecule has 2 aromatic rings. The molecule has 3 rings (SSSR count). The number of hydrogen-bond donors (Lipinski definition) is 2. The molecule has 1 saturated heterocycles. The molecular formula is C23H36IN5O2. The van der Waals surface area contributed by atoms with Crippen LogP contribution in [0.1, 0.15) is 62.6 Å². The van der Waals surface area contributed by atoms with Crippen molar-refractivity contribution < 1.29 is 9.26 Å². The zero-order valence-electron chi connectivity index (χ0n) is 19.1. The lowest BCUT2D eigenvalue weighted by Gasteiger charge is -2.30. The number of methoxy groups -OCH3 is 1. The van der Waals surface area contributed by atoms with E-state index in [1.807, 2.05) is 18.2 Å². The molecule has 2 N–H and O–H groups in total. The van der Waals surface area contributed by atoms with Gasteiger partial charge in [0.05, 0.1) is 18.8 Å². The van der Waals surface area contributed by atoms with Gasteiger partial charge in [0.25, 0.3) is 0 Å². The van der Waals surface area contributed by atoms with Crippen LogP contribution in [-0.4, -0.2) is 49.3 Å². The van der Waals surface area contributed by atoms with E-state index in [4.69, 9.17) is 14.3 Å². The molecule has 1 aromatic heterocycles. The number of guanidine groups is 1. The number of aromatic nitrogens is 1. The lowest BCUT2D eigenvalue weighted by atomic mass is 10.0. The summed E-state index contributed by atoms with van der Waals surface area (Å²) in [4.78, 5) is 7.23. The van der Waals surface area contributed by atoms with E-state index < -0.39 is 0 Å². The quantitative estimate of drug-likeness (QED) is 0.280. The Bertz CT molecular complexity index is 818. The van der Waals surface area contributed by atoms with Crippen molar-refractivity contribution in [2.75, 3.05) is 33.3 Å². The average molecular weight is 541 g/mol. The van der Waals surface area contributed by atoms with Gasteiger partial charge in [-0.25, -0.2) is 4.99 Å². The molecule has 172 valence electrons. The topological polar surface area (TPSA) is 74.9 Å². The highest BCUT2D eigenvalue weighted by molar-refractivity contribution is 14.0. The molecule has 1 aliphatic heterocycles. The molecule has 0 aliphatic carbocycles. The third-order valence-corrected chi connectivity index (χ3v) is 5.45. The predicted molar refractivity (Wildman–Crippen MR) is 135 cm³/mol. The first-order valence-corrected chi connectivity index (χ1v) is 11.0. The Morgan fingerprint density at radius 1 is 1.23 bits per heavy atom. The number of hydrogen-bond acceptors (Lipinski definition) is 5. The van der Waals surface area contributed by atoms with E-state index in [1.165, 1.54) is 18.4 Å². The Kier molecular flexibility index (Phi) is 10.6. The van der Waals surface area contributed by atoms with Gasteiger partial charge in [-0.3, -0.25) is 4.90 Å². The van der Waals surface area contributed by atoms with E-state index in [2.05, 4.69) is 53.6 Å². The van der Waals surface area contributed by atoms with Crippen LogP contribution in [0.4, 0.5) is 0 Å². The number of ether oxygens (including phenoxy) is 1. The SMILES string of the molecule is CCNC(=NCc1cc(C(C)C)no1)NCC(c1ccccc1OC)N1CCCC1.I. The second kappa shape index (κ2) is 12.9. The van der Waals surface area contributed by atoms with Crippen LogP contribution in [0.15, 0.2) is 39.8 Å². The van der Waals surface area contributed by atoms with Crippen LogP contribution < -0.4 is 15.4 Å². The highest BCUT2D eigenvalue weighted by Gasteiger charge is 2.26. The summed E-state index contributed by atoms with van der Waals surface area (Å²) >= 11 is 0. The third kappa shape index (κ3) is 7.10. The van der Waals surface area contributed by atoms with E-state index in [0.717, 1.165) is 49.3 Å². The Balaban J connectivity index is 0.00000341. The predicted octanol–water partition coefficient (Wildman–Crippen LogP) is 4.32. The van der Waals surface area contributed by atoms with E-state index in [-0.39, 0.29) is 30.0 Å². The summed E-state index contributed by atoms with van der Waals surface area (Å²) in [6.07, 6.45) is 2.48. The fraction of sp³-hybridized carbons (Fsp3) is 0.565. The minimum absolute atomic E-state index is 0. The van der Waals surface area contributed by atoms with E-state index in [0.29, 0.717) is 12.5 Å². The monoisotopic (exact) mass is 541 g/mol. The largest absolute Gasteiger partial charge is 0.496 e. The number of halogens is 1. The van der Waals surface area contributed by atoms with Crippen molar-refractivity contribution in [1.82, 2.24) is 20.7 Å². The van der Waals surface area contributed by atoms with Crippen LogP contribution in [0.5, 0.6) is 5.75 Å². The molecule has 1 atom stereocenters. The van der Waals surface area contributed by atoms with Gasteiger partial charge in [-0.1, -0.05) is 37.2 Å². The fourth-order valence-electron chi connectivity index (χ4n) is 3.80. The first kappa shape index (κ1) is 25.5. The fourth-order valence-corrected chi connectivity index (χ4v) is 3.80. The van der Waals surface area contributed by atoms with Gasteiger partial charge in [0.1, 0.15) is 12.3 Å². The highest BCUT2D eigenvalue weighted by atomic mass is 127. The van der Waals surface area contributed by atoms with Crippen LogP contribution in [0.2, 0.25) is 0 Å². The second-order valence-corrected chi connectivity index (χ2v) is 7.95. The molecule has 2 heterocycles. The number of benzene rings is 1. The maximum Gasteiger partial charge on any atom is 0.191 e. The van der Waals surface area contributed by atoms with Gasteiger partial charge in [0.15, 0.2) is 11.7 Å². The zero-order valence-corrected chi connectivity index (χ0v) is 21.4. The van der Waals surface area contributed by atoms with Crippen LogP contribution in [0, 0.1) is 0 Å². The normalized spacial score (nSPS) is 15.6. The first-order valence-electron chi connectivity index (χ1n) is 11.0. The second-order valence-electron chi connectivity index (χ2n) is 7.95. The molecule has 8 heteroatoms. The number of nitrogens with one attached hydrogen (secondary N) is 2. The molecule has 0 saturated carbocycles. The molecule has 1 unspecified atom stereocenters. The maximum absolute atomic E-state index is 5.65. The summed E-state index contributed by atoms with van der Waals surface area (Å²) in [7, 11) is 1.74. The van der Waals surface area contributed by atoms with Gasteiger partial charge in [-0.15, -0.1) is 24.0 Å². The molecule has 1 fully saturated rings. The van der Waals surface area contributed by atoms with Crippen molar-refractivity contribution in [3.8, 4) is 5.75 Å². The van der Waals surface area contributed by atoms with Crippen molar-refractivity contribution in [1.29, 1.82) is 0 Å². The van der Waals surface area contributed by atoms with Gasteiger partial charge in [0, 0.05) is 24.7 Å². The van der Waals surface area contributed by atoms with Gasteiger partial charge >= 0.3 is 0 Å². The molecular weight excluding hydrogens is 505 g/mol. The van der Waals surface area contributed by atoms with Crippen LogP contribution in [-0.2, 0) is 6.54 Å². The minimum atomic E-state index is 0. The lowest BCUT2D eigenvalue weighted by Crippen LogP contribution is -2.42. The molecule has 1 aromatic carbocycles. The molecule has 0 radical (unpaired) electrons. The van der Waals surface area contributed by atoms with Crippen molar-refractivity contribution in [3.63, 3.8) is 0 Å². The maximum atomic E-state index is 5.65. The van der Waals surface area contributed by atoms with Gasteiger partial charge in [-0.05, 0) is 44.8 Å². The van der Waals surface area contributed by atoms with Crippen molar-refractivity contribution in [2.24, 2.45) is 4.99 Å². The number of likely N-dealkylation sites (tertiary alicyclic amines) is 1. The third-order valence-electron chi connectivity index (χ3n) is 5.45. The Morgan fingerprint density at radius 2 is 1.97 bits per heavy atom. The molecule has 0 amide bonds. The number of rotatable bonds is 9. The smallest absolute Gasteiger partial charge is 0.191 e. The van der Waals surface area contributed by atoms with Crippen molar-refractivity contribution in [3.05, 3.63) is 47.3 Å². The summed E-state index contributed by atoms with van der Waals surface area (Å²) in [5, 5.41) is 11.0. The summed E-state index contributed by atoms with van der Waals surface area (Å²) in [6.45, 7) is 10.5. The first-order chi connectivity index (χ1) is 14.6. The van der Waals surface area contributed by atoms with Gasteiger partial charge < -0.3 is 19.9 Å². The summed E-state index contributed by atoms with van der Waals surface area (Å²) in [6, 6.07) is 10.5. The van der Waals surface area contributed by atoms with Crippen molar-refractivity contribution >= 4 is 29.9 Å². The zero-order chi connectivity index (χ0) is 21.3. The summed E-state index contributed by atoms with van der Waals surface area (Å²) < 4.78 is 11.1. The van der Waals surface area contributed by atoms with Crippen LogP contribution in [0.25, 0.3) is 0 Å².